The summed E-state index contributed by atoms with van der Waals surface area (Å²) in [7, 11) is 0. The third-order valence-corrected chi connectivity index (χ3v) is 3.59. The molecule has 128 valence electrons. The number of hydrogen-bond donors (Lipinski definition) is 4. The molecule has 0 unspecified atom stereocenters. The van der Waals surface area contributed by atoms with Crippen LogP contribution in [0, 0.1) is 5.82 Å². The lowest BCUT2D eigenvalue weighted by atomic mass is 10.2. The van der Waals surface area contributed by atoms with Crippen LogP contribution in [-0.2, 0) is 4.74 Å². The molecule has 0 saturated carbocycles. The van der Waals surface area contributed by atoms with E-state index in [-0.39, 0.29) is 17.5 Å². The van der Waals surface area contributed by atoms with Gasteiger partial charge in [0.15, 0.2) is 17.9 Å². The molecule has 2 aromatic rings. The van der Waals surface area contributed by atoms with Crippen LogP contribution in [0.2, 0.25) is 0 Å². The number of ether oxygens (including phenoxy) is 1. The molecule has 1 aromatic heterocycles. The number of benzene rings is 1. The van der Waals surface area contributed by atoms with Crippen molar-refractivity contribution in [3.63, 3.8) is 0 Å². The first kappa shape index (κ1) is 16.4. The molecule has 0 spiro atoms. The number of morpholine rings is 1. The van der Waals surface area contributed by atoms with Gasteiger partial charge >= 0.3 is 0 Å². The van der Waals surface area contributed by atoms with Crippen molar-refractivity contribution in [2.75, 3.05) is 36.6 Å². The summed E-state index contributed by atoms with van der Waals surface area (Å²) >= 11 is 0. The molecule has 1 aromatic carbocycles. The van der Waals surface area contributed by atoms with Crippen molar-refractivity contribution >= 4 is 11.8 Å². The van der Waals surface area contributed by atoms with Crippen molar-refractivity contribution in [2.24, 2.45) is 0 Å². The number of aliphatic hydroxyl groups excluding tert-OH is 1. The minimum absolute atomic E-state index is 0.0478. The molecule has 0 radical (unpaired) electrons. The molecule has 4 N–H and O–H groups in total. The highest BCUT2D eigenvalue weighted by molar-refractivity contribution is 5.44. The smallest absolute Gasteiger partial charge is 0.239 e. The van der Waals surface area contributed by atoms with Gasteiger partial charge in [-0.15, -0.1) is 0 Å². The summed E-state index contributed by atoms with van der Waals surface area (Å²) in [6.45, 7) is 2.11. The van der Waals surface area contributed by atoms with Gasteiger partial charge in [-0.3, -0.25) is 5.43 Å². The third kappa shape index (κ3) is 3.70. The number of hydrazine groups is 1. The Balaban J connectivity index is 1.68. The zero-order valence-corrected chi connectivity index (χ0v) is 12.8. The van der Waals surface area contributed by atoms with E-state index in [0.29, 0.717) is 31.9 Å². The van der Waals surface area contributed by atoms with E-state index in [0.717, 1.165) is 6.20 Å². The molecule has 24 heavy (non-hydrogen) atoms. The molecule has 3 rings (SSSR count). The predicted octanol–water partition coefficient (Wildman–Crippen LogP) is 0.765. The summed E-state index contributed by atoms with van der Waals surface area (Å²) in [5.74, 6) is -0.293. The fourth-order valence-corrected chi connectivity index (χ4v) is 2.34. The van der Waals surface area contributed by atoms with Crippen LogP contribution in [0.4, 0.5) is 16.2 Å². The molecule has 1 fully saturated rings. The van der Waals surface area contributed by atoms with Crippen molar-refractivity contribution < 1.29 is 19.3 Å². The Morgan fingerprint density at radius 3 is 2.75 bits per heavy atom. The number of anilines is 2. The minimum atomic E-state index is -1.19. The molecule has 1 aliphatic heterocycles. The Labute approximate surface area is 137 Å². The number of halogens is 1. The molecule has 0 amide bonds. The molecule has 1 aliphatic rings. The Morgan fingerprint density at radius 2 is 2.00 bits per heavy atom. The third-order valence-electron chi connectivity index (χ3n) is 3.59. The molecule has 0 aliphatic carbocycles. The van der Waals surface area contributed by atoms with E-state index in [2.05, 4.69) is 20.8 Å². The Hall–Kier alpha value is -2.49. The lowest BCUT2D eigenvalue weighted by molar-refractivity contribution is 0.122. The zero-order chi connectivity index (χ0) is 16.9. The summed E-state index contributed by atoms with van der Waals surface area (Å²) in [6, 6.07) is 6.37. The van der Waals surface area contributed by atoms with Crippen LogP contribution < -0.4 is 15.8 Å². The first-order valence-corrected chi connectivity index (χ1v) is 7.48. The van der Waals surface area contributed by atoms with Crippen molar-refractivity contribution in [3.8, 4) is 5.75 Å². The Kier molecular flexibility index (Phi) is 5.04. The molecule has 2 heterocycles. The highest BCUT2D eigenvalue weighted by Crippen LogP contribution is 2.22. The van der Waals surface area contributed by atoms with Gasteiger partial charge in [0.1, 0.15) is 5.75 Å². The average Bonchev–Trinajstić information content (AvgIpc) is 2.62. The highest BCUT2D eigenvalue weighted by Gasteiger charge is 2.18. The monoisotopic (exact) mass is 335 g/mol. The van der Waals surface area contributed by atoms with Crippen LogP contribution in [0.5, 0.6) is 5.75 Å². The van der Waals surface area contributed by atoms with Crippen LogP contribution in [0.15, 0.2) is 30.5 Å². The summed E-state index contributed by atoms with van der Waals surface area (Å²) in [5, 5.41) is 19.7. The van der Waals surface area contributed by atoms with Crippen LogP contribution in [0.25, 0.3) is 0 Å². The van der Waals surface area contributed by atoms with E-state index in [1.165, 1.54) is 6.07 Å². The Bertz CT molecular complexity index is 697. The molecule has 8 nitrogen and oxygen atoms in total. The van der Waals surface area contributed by atoms with Crippen molar-refractivity contribution in [1.82, 2.24) is 15.4 Å². The number of aliphatic hydroxyl groups is 1. The quantitative estimate of drug-likeness (QED) is 0.469. The lowest BCUT2D eigenvalue weighted by Crippen LogP contribution is -2.37. The number of para-hydroxylation sites is 1. The van der Waals surface area contributed by atoms with Crippen molar-refractivity contribution in [1.29, 1.82) is 0 Å². The molecular formula is C15H18FN5O3. The number of hydrogen-bond acceptors (Lipinski definition) is 8. The van der Waals surface area contributed by atoms with E-state index in [1.54, 1.807) is 23.1 Å². The maximum atomic E-state index is 13.9. The summed E-state index contributed by atoms with van der Waals surface area (Å²) in [5.41, 5.74) is 5.47. The minimum Gasteiger partial charge on any atom is -0.508 e. The first-order chi connectivity index (χ1) is 11.6. The SMILES string of the molecule is Oc1ccccc1[C@@H](O)NNc1ncc(F)c(N2CCOCC2)n1. The van der Waals surface area contributed by atoms with Gasteiger partial charge in [-0.05, 0) is 6.07 Å². The van der Waals surface area contributed by atoms with Crippen LogP contribution in [-0.4, -0.2) is 46.5 Å². The normalized spacial score (nSPS) is 16.0. The fourth-order valence-electron chi connectivity index (χ4n) is 2.34. The molecule has 0 bridgehead atoms. The number of aromatic nitrogens is 2. The van der Waals surface area contributed by atoms with Gasteiger partial charge in [0.05, 0.1) is 19.4 Å². The van der Waals surface area contributed by atoms with E-state index >= 15 is 0 Å². The first-order valence-electron chi connectivity index (χ1n) is 7.48. The molecule has 1 atom stereocenters. The number of rotatable bonds is 5. The summed E-state index contributed by atoms with van der Waals surface area (Å²) in [6.07, 6.45) is -0.125. The number of aromatic hydroxyl groups is 1. The van der Waals surface area contributed by atoms with Gasteiger partial charge in [-0.1, -0.05) is 18.2 Å². The molecular weight excluding hydrogens is 317 g/mol. The van der Waals surface area contributed by atoms with E-state index < -0.39 is 12.0 Å². The van der Waals surface area contributed by atoms with Gasteiger partial charge in [0, 0.05) is 18.7 Å². The second-order valence-electron chi connectivity index (χ2n) is 5.20. The topological polar surface area (TPSA) is 103 Å². The van der Waals surface area contributed by atoms with Crippen molar-refractivity contribution in [3.05, 3.63) is 41.8 Å². The van der Waals surface area contributed by atoms with Crippen molar-refractivity contribution in [2.45, 2.75) is 6.23 Å². The maximum absolute atomic E-state index is 13.9. The number of phenolic OH excluding ortho intramolecular Hbond substituents is 1. The fraction of sp³-hybridized carbons (Fsp3) is 0.333. The van der Waals surface area contributed by atoms with Gasteiger partial charge in [-0.2, -0.15) is 4.98 Å². The van der Waals surface area contributed by atoms with E-state index in [9.17, 15) is 14.6 Å². The predicted molar refractivity (Wildman–Crippen MR) is 84.8 cm³/mol. The second kappa shape index (κ2) is 7.39. The van der Waals surface area contributed by atoms with E-state index in [4.69, 9.17) is 4.74 Å². The summed E-state index contributed by atoms with van der Waals surface area (Å²) < 4.78 is 19.2. The number of nitrogens with one attached hydrogen (secondary N) is 2. The largest absolute Gasteiger partial charge is 0.508 e. The van der Waals surface area contributed by atoms with Gasteiger partial charge in [-0.25, -0.2) is 14.8 Å². The average molecular weight is 335 g/mol. The highest BCUT2D eigenvalue weighted by atomic mass is 19.1. The maximum Gasteiger partial charge on any atom is 0.239 e. The van der Waals surface area contributed by atoms with Crippen LogP contribution in [0.1, 0.15) is 11.8 Å². The summed E-state index contributed by atoms with van der Waals surface area (Å²) in [4.78, 5) is 9.72. The van der Waals surface area contributed by atoms with Gasteiger partial charge < -0.3 is 19.8 Å². The standard InChI is InChI=1S/C15H18FN5O3/c16-11-9-17-15(18-13(11)21-5-7-24-8-6-21)20-19-14(23)10-3-1-2-4-12(10)22/h1-4,9,14,19,22-23H,5-8H2,(H,17,18,20)/t14-/m1/s1. The van der Waals surface area contributed by atoms with Crippen LogP contribution >= 0.6 is 0 Å². The lowest BCUT2D eigenvalue weighted by Gasteiger charge is -2.28. The number of phenols is 1. The zero-order valence-electron chi connectivity index (χ0n) is 12.8. The van der Waals surface area contributed by atoms with Crippen LogP contribution in [0.3, 0.4) is 0 Å². The number of nitrogens with zero attached hydrogens (tertiary/aromatic N) is 3. The van der Waals surface area contributed by atoms with Gasteiger partial charge in [0.25, 0.3) is 0 Å². The molecule has 1 saturated heterocycles. The van der Waals surface area contributed by atoms with Gasteiger partial charge in [0.2, 0.25) is 5.95 Å². The second-order valence-corrected chi connectivity index (χ2v) is 5.20. The Morgan fingerprint density at radius 1 is 1.25 bits per heavy atom. The van der Waals surface area contributed by atoms with E-state index in [1.807, 2.05) is 0 Å². The molecule has 9 heteroatoms.